The number of likely N-dealkylation sites (tertiary alicyclic amines) is 1. The van der Waals surface area contributed by atoms with Crippen molar-refractivity contribution < 1.29 is 0 Å². The predicted octanol–water partition coefficient (Wildman–Crippen LogP) is 1.83. The number of nitrogens with zero attached hydrogens (tertiary/aromatic N) is 3. The summed E-state index contributed by atoms with van der Waals surface area (Å²) in [5, 5.41) is 0.330. The van der Waals surface area contributed by atoms with E-state index in [1.807, 2.05) is 12.4 Å². The molecule has 0 N–H and O–H groups in total. The molecular formula is C11H14ClN3. The highest BCUT2D eigenvalue weighted by Gasteiger charge is 2.52. The van der Waals surface area contributed by atoms with Crippen LogP contribution in [-0.2, 0) is 6.54 Å². The van der Waals surface area contributed by atoms with E-state index < -0.39 is 0 Å². The molecular weight excluding hydrogens is 210 g/mol. The van der Waals surface area contributed by atoms with Crippen LogP contribution in [0.3, 0.4) is 0 Å². The Kier molecular flexibility index (Phi) is 2.18. The largest absolute Gasteiger partial charge is 0.298 e. The Morgan fingerprint density at radius 2 is 1.93 bits per heavy atom. The number of rotatable bonds is 2. The second kappa shape index (κ2) is 3.42. The zero-order valence-corrected chi connectivity index (χ0v) is 9.48. The van der Waals surface area contributed by atoms with E-state index in [2.05, 4.69) is 21.8 Å². The molecule has 80 valence electrons. The van der Waals surface area contributed by atoms with Crippen LogP contribution in [0, 0.1) is 17.8 Å². The number of aromatic nitrogens is 2. The molecule has 2 heterocycles. The van der Waals surface area contributed by atoms with Gasteiger partial charge in [0.1, 0.15) is 0 Å². The lowest BCUT2D eigenvalue weighted by Crippen LogP contribution is -2.23. The van der Waals surface area contributed by atoms with Crippen molar-refractivity contribution in [2.75, 3.05) is 13.1 Å². The molecule has 1 aliphatic carbocycles. The van der Waals surface area contributed by atoms with Crippen LogP contribution in [-0.4, -0.2) is 28.0 Å². The van der Waals surface area contributed by atoms with Crippen LogP contribution < -0.4 is 0 Å². The van der Waals surface area contributed by atoms with Gasteiger partial charge in [-0.15, -0.1) is 0 Å². The number of fused-ring (bicyclic) bond motifs is 1. The third kappa shape index (κ3) is 1.74. The minimum atomic E-state index is 0.330. The lowest BCUT2D eigenvalue weighted by atomic mass is 10.2. The van der Waals surface area contributed by atoms with E-state index in [-0.39, 0.29) is 0 Å². The standard InChI is InChI=1S/C11H14ClN3/c1-7-9-5-15(6-10(7)9)4-8-2-13-11(12)14-3-8/h2-3,7,9-10H,4-6H2,1H3/t7?,9-,10+. The third-order valence-electron chi connectivity index (χ3n) is 3.78. The van der Waals surface area contributed by atoms with E-state index >= 15 is 0 Å². The Labute approximate surface area is 94.5 Å². The smallest absolute Gasteiger partial charge is 0.222 e. The first kappa shape index (κ1) is 9.55. The Balaban J connectivity index is 1.60. The lowest BCUT2D eigenvalue weighted by Gasteiger charge is -2.17. The van der Waals surface area contributed by atoms with E-state index in [1.54, 1.807) is 0 Å². The van der Waals surface area contributed by atoms with Crippen LogP contribution in [0.25, 0.3) is 0 Å². The van der Waals surface area contributed by atoms with Gasteiger partial charge in [0.05, 0.1) is 0 Å². The van der Waals surface area contributed by atoms with Crippen molar-refractivity contribution in [1.29, 1.82) is 0 Å². The molecule has 1 aromatic heterocycles. The molecule has 0 amide bonds. The molecule has 0 spiro atoms. The second-order valence-electron chi connectivity index (χ2n) is 4.74. The number of halogens is 1. The molecule has 3 nitrogen and oxygen atoms in total. The molecule has 1 aromatic rings. The van der Waals surface area contributed by atoms with Crippen molar-refractivity contribution in [2.24, 2.45) is 17.8 Å². The van der Waals surface area contributed by atoms with Gasteiger partial charge < -0.3 is 0 Å². The van der Waals surface area contributed by atoms with Crippen molar-refractivity contribution in [3.63, 3.8) is 0 Å². The fourth-order valence-corrected chi connectivity index (χ4v) is 2.82. The van der Waals surface area contributed by atoms with Gasteiger partial charge in [0, 0.05) is 37.6 Å². The van der Waals surface area contributed by atoms with Crippen molar-refractivity contribution in [3.8, 4) is 0 Å². The SMILES string of the molecule is CC1[C@H]2CN(Cc3cnc(Cl)nc3)C[C@@H]12. The van der Waals surface area contributed by atoms with E-state index in [0.29, 0.717) is 5.28 Å². The number of piperidine rings is 1. The maximum absolute atomic E-state index is 5.64. The summed E-state index contributed by atoms with van der Waals surface area (Å²) in [5.74, 6) is 2.87. The summed E-state index contributed by atoms with van der Waals surface area (Å²) >= 11 is 5.64. The fraction of sp³-hybridized carbons (Fsp3) is 0.636. The van der Waals surface area contributed by atoms with Gasteiger partial charge in [0.2, 0.25) is 5.28 Å². The van der Waals surface area contributed by atoms with Crippen LogP contribution in [0.4, 0.5) is 0 Å². The minimum Gasteiger partial charge on any atom is -0.298 e. The zero-order valence-electron chi connectivity index (χ0n) is 8.73. The van der Waals surface area contributed by atoms with Crippen LogP contribution in [0.2, 0.25) is 5.28 Å². The van der Waals surface area contributed by atoms with Crippen molar-refractivity contribution in [3.05, 3.63) is 23.2 Å². The summed E-state index contributed by atoms with van der Waals surface area (Å²) in [5.41, 5.74) is 1.16. The lowest BCUT2D eigenvalue weighted by molar-refractivity contribution is 0.281. The molecule has 3 atom stereocenters. The van der Waals surface area contributed by atoms with Gasteiger partial charge in [-0.1, -0.05) is 6.92 Å². The van der Waals surface area contributed by atoms with Gasteiger partial charge >= 0.3 is 0 Å². The van der Waals surface area contributed by atoms with Crippen LogP contribution >= 0.6 is 11.6 Å². The highest BCUT2D eigenvalue weighted by molar-refractivity contribution is 6.28. The summed E-state index contributed by atoms with van der Waals surface area (Å²) in [7, 11) is 0. The van der Waals surface area contributed by atoms with Gasteiger partial charge in [0.25, 0.3) is 0 Å². The average molecular weight is 224 g/mol. The molecule has 1 saturated heterocycles. The Morgan fingerprint density at radius 1 is 1.33 bits per heavy atom. The Morgan fingerprint density at radius 3 is 2.53 bits per heavy atom. The summed E-state index contributed by atoms with van der Waals surface area (Å²) in [6, 6.07) is 0. The van der Waals surface area contributed by atoms with Gasteiger partial charge in [-0.3, -0.25) is 4.90 Å². The monoisotopic (exact) mass is 223 g/mol. The van der Waals surface area contributed by atoms with Crippen LogP contribution in [0.5, 0.6) is 0 Å². The summed E-state index contributed by atoms with van der Waals surface area (Å²) in [4.78, 5) is 10.5. The molecule has 0 radical (unpaired) electrons. The van der Waals surface area contributed by atoms with Crippen LogP contribution in [0.1, 0.15) is 12.5 Å². The molecule has 15 heavy (non-hydrogen) atoms. The van der Waals surface area contributed by atoms with Crippen molar-refractivity contribution in [1.82, 2.24) is 14.9 Å². The predicted molar refractivity (Wildman–Crippen MR) is 58.5 cm³/mol. The molecule has 1 aliphatic heterocycles. The minimum absolute atomic E-state index is 0.330. The normalized spacial score (nSPS) is 34.1. The molecule has 2 aliphatic rings. The van der Waals surface area contributed by atoms with Gasteiger partial charge in [-0.2, -0.15) is 0 Å². The first-order chi connectivity index (χ1) is 7.24. The van der Waals surface area contributed by atoms with E-state index in [1.165, 1.54) is 13.1 Å². The molecule has 4 heteroatoms. The maximum Gasteiger partial charge on any atom is 0.222 e. The summed E-state index contributed by atoms with van der Waals surface area (Å²) in [6.07, 6.45) is 3.64. The molecule has 2 fully saturated rings. The van der Waals surface area contributed by atoms with Gasteiger partial charge in [0.15, 0.2) is 0 Å². The molecule has 3 rings (SSSR count). The zero-order chi connectivity index (χ0) is 10.4. The second-order valence-corrected chi connectivity index (χ2v) is 5.08. The van der Waals surface area contributed by atoms with Gasteiger partial charge in [-0.05, 0) is 29.4 Å². The molecule has 1 unspecified atom stereocenters. The van der Waals surface area contributed by atoms with Crippen molar-refractivity contribution in [2.45, 2.75) is 13.5 Å². The summed E-state index contributed by atoms with van der Waals surface area (Å²) in [6.45, 7) is 5.82. The first-order valence-corrected chi connectivity index (χ1v) is 5.80. The third-order valence-corrected chi connectivity index (χ3v) is 3.97. The summed E-state index contributed by atoms with van der Waals surface area (Å²) < 4.78 is 0. The molecule has 0 aromatic carbocycles. The molecule has 1 saturated carbocycles. The van der Waals surface area contributed by atoms with E-state index in [4.69, 9.17) is 11.6 Å². The Hall–Kier alpha value is -0.670. The van der Waals surface area contributed by atoms with E-state index in [9.17, 15) is 0 Å². The number of hydrogen-bond acceptors (Lipinski definition) is 3. The van der Waals surface area contributed by atoms with Crippen LogP contribution in [0.15, 0.2) is 12.4 Å². The fourth-order valence-electron chi connectivity index (χ4n) is 2.72. The van der Waals surface area contributed by atoms with Gasteiger partial charge in [-0.25, -0.2) is 9.97 Å². The number of hydrogen-bond donors (Lipinski definition) is 0. The quantitative estimate of drug-likeness (QED) is 0.717. The first-order valence-electron chi connectivity index (χ1n) is 5.43. The highest BCUT2D eigenvalue weighted by atomic mass is 35.5. The Bertz CT molecular complexity index is 353. The molecule has 0 bridgehead atoms. The highest BCUT2D eigenvalue weighted by Crippen LogP contribution is 2.51. The van der Waals surface area contributed by atoms with E-state index in [0.717, 1.165) is 29.9 Å². The topological polar surface area (TPSA) is 29.0 Å². The maximum atomic E-state index is 5.64. The van der Waals surface area contributed by atoms with Crippen molar-refractivity contribution >= 4 is 11.6 Å². The average Bonchev–Trinajstić information content (AvgIpc) is 2.66.